The third kappa shape index (κ3) is 2.90. The number of aromatic nitrogens is 2. The van der Waals surface area contributed by atoms with Crippen LogP contribution in [-0.4, -0.2) is 23.8 Å². The van der Waals surface area contributed by atoms with Gasteiger partial charge in [0.1, 0.15) is 5.82 Å². The lowest BCUT2D eigenvalue weighted by Gasteiger charge is -2.23. The van der Waals surface area contributed by atoms with E-state index in [1.807, 2.05) is 6.92 Å². The maximum Gasteiger partial charge on any atom is 0.318 e. The highest BCUT2D eigenvalue weighted by Crippen LogP contribution is 2.25. The first-order valence-electron chi connectivity index (χ1n) is 6.13. The van der Waals surface area contributed by atoms with Gasteiger partial charge in [-0.05, 0) is 13.0 Å². The molecular weight excluding hydrogens is 247 g/mol. The predicted molar refractivity (Wildman–Crippen MR) is 70.3 cm³/mol. The zero-order valence-electron chi connectivity index (χ0n) is 11.0. The maximum atomic E-state index is 13.7. The van der Waals surface area contributed by atoms with E-state index in [0.29, 0.717) is 30.4 Å². The number of rotatable bonds is 5. The Labute approximate surface area is 111 Å². The van der Waals surface area contributed by atoms with Crippen LogP contribution in [0.1, 0.15) is 24.4 Å². The van der Waals surface area contributed by atoms with Gasteiger partial charge in [0.25, 0.3) is 0 Å². The van der Waals surface area contributed by atoms with Crippen LogP contribution in [0.2, 0.25) is 0 Å². The van der Waals surface area contributed by atoms with E-state index in [9.17, 15) is 4.39 Å². The quantitative estimate of drug-likeness (QED) is 0.893. The standard InChI is InChI=1S/C13H17FN4O/c1-9(10-5-3-4-6-11(10)14)18(2)13-17-16-12(19-13)7-8-15/h3-6,9H,7-8,15H2,1-2H3. The Morgan fingerprint density at radius 3 is 2.79 bits per heavy atom. The van der Waals surface area contributed by atoms with E-state index in [1.165, 1.54) is 6.07 Å². The average Bonchev–Trinajstić information content (AvgIpc) is 2.87. The molecule has 0 fully saturated rings. The van der Waals surface area contributed by atoms with Gasteiger partial charge in [0.05, 0.1) is 6.04 Å². The zero-order valence-corrected chi connectivity index (χ0v) is 11.0. The SMILES string of the molecule is CC(c1ccccc1F)N(C)c1nnc(CCN)o1. The molecule has 0 spiro atoms. The van der Waals surface area contributed by atoms with Crippen molar-refractivity contribution in [1.82, 2.24) is 10.2 Å². The molecule has 0 saturated carbocycles. The number of nitrogens with zero attached hydrogens (tertiary/aromatic N) is 3. The van der Waals surface area contributed by atoms with Crippen molar-refractivity contribution in [2.45, 2.75) is 19.4 Å². The Morgan fingerprint density at radius 2 is 2.11 bits per heavy atom. The summed E-state index contributed by atoms with van der Waals surface area (Å²) in [6.45, 7) is 2.33. The summed E-state index contributed by atoms with van der Waals surface area (Å²) in [6, 6.07) is 6.81. The smallest absolute Gasteiger partial charge is 0.318 e. The lowest BCUT2D eigenvalue weighted by molar-refractivity contribution is 0.476. The van der Waals surface area contributed by atoms with Crippen LogP contribution in [0.15, 0.2) is 28.7 Å². The van der Waals surface area contributed by atoms with Crippen molar-refractivity contribution >= 4 is 6.01 Å². The van der Waals surface area contributed by atoms with Crippen molar-refractivity contribution in [2.75, 3.05) is 18.5 Å². The molecule has 0 bridgehead atoms. The molecule has 5 nitrogen and oxygen atoms in total. The Balaban J connectivity index is 2.18. The molecule has 19 heavy (non-hydrogen) atoms. The first-order chi connectivity index (χ1) is 9.13. The second-order valence-electron chi connectivity index (χ2n) is 4.33. The minimum absolute atomic E-state index is 0.202. The van der Waals surface area contributed by atoms with Crippen molar-refractivity contribution in [3.05, 3.63) is 41.5 Å². The number of hydrogen-bond acceptors (Lipinski definition) is 5. The van der Waals surface area contributed by atoms with Gasteiger partial charge in [-0.3, -0.25) is 0 Å². The van der Waals surface area contributed by atoms with E-state index in [-0.39, 0.29) is 11.9 Å². The van der Waals surface area contributed by atoms with E-state index in [1.54, 1.807) is 30.1 Å². The van der Waals surface area contributed by atoms with Gasteiger partial charge < -0.3 is 15.1 Å². The first kappa shape index (κ1) is 13.5. The first-order valence-corrected chi connectivity index (χ1v) is 6.13. The molecule has 2 aromatic rings. The van der Waals surface area contributed by atoms with E-state index in [2.05, 4.69) is 10.2 Å². The predicted octanol–water partition coefficient (Wildman–Crippen LogP) is 1.91. The summed E-state index contributed by atoms with van der Waals surface area (Å²) in [5.74, 6) is 0.244. The lowest BCUT2D eigenvalue weighted by Crippen LogP contribution is -2.22. The molecule has 1 aromatic heterocycles. The van der Waals surface area contributed by atoms with Crippen LogP contribution in [0.5, 0.6) is 0 Å². The van der Waals surface area contributed by atoms with Gasteiger partial charge in [-0.25, -0.2) is 4.39 Å². The molecule has 1 heterocycles. The van der Waals surface area contributed by atoms with Crippen molar-refractivity contribution < 1.29 is 8.81 Å². The molecule has 1 atom stereocenters. The van der Waals surface area contributed by atoms with Crippen LogP contribution in [-0.2, 0) is 6.42 Å². The fourth-order valence-electron chi connectivity index (χ4n) is 1.80. The molecule has 102 valence electrons. The summed E-state index contributed by atoms with van der Waals surface area (Å²) < 4.78 is 19.2. The fourth-order valence-corrected chi connectivity index (χ4v) is 1.80. The Morgan fingerprint density at radius 1 is 1.37 bits per heavy atom. The van der Waals surface area contributed by atoms with Gasteiger partial charge in [0.15, 0.2) is 0 Å². The number of anilines is 1. The van der Waals surface area contributed by atoms with Gasteiger partial charge >= 0.3 is 6.01 Å². The van der Waals surface area contributed by atoms with Gasteiger partial charge in [-0.2, -0.15) is 0 Å². The Hall–Kier alpha value is -1.95. The van der Waals surface area contributed by atoms with Crippen LogP contribution in [0.3, 0.4) is 0 Å². The summed E-state index contributed by atoms with van der Waals surface area (Å²) in [5.41, 5.74) is 6.01. The monoisotopic (exact) mass is 264 g/mol. The molecule has 0 aliphatic rings. The van der Waals surface area contributed by atoms with Gasteiger partial charge in [0, 0.05) is 25.6 Å². The van der Waals surface area contributed by atoms with Crippen LogP contribution in [0.4, 0.5) is 10.4 Å². The highest BCUT2D eigenvalue weighted by molar-refractivity contribution is 5.32. The lowest BCUT2D eigenvalue weighted by atomic mass is 10.1. The van der Waals surface area contributed by atoms with Crippen molar-refractivity contribution in [3.8, 4) is 0 Å². The van der Waals surface area contributed by atoms with Gasteiger partial charge in [-0.1, -0.05) is 23.3 Å². The Kier molecular flexibility index (Phi) is 4.11. The molecule has 0 aliphatic heterocycles. The number of benzene rings is 1. The maximum absolute atomic E-state index is 13.7. The van der Waals surface area contributed by atoms with Crippen LogP contribution >= 0.6 is 0 Å². The van der Waals surface area contributed by atoms with Crippen molar-refractivity contribution in [2.24, 2.45) is 5.73 Å². The average molecular weight is 264 g/mol. The van der Waals surface area contributed by atoms with Gasteiger partial charge in [-0.15, -0.1) is 5.10 Å². The number of hydrogen-bond donors (Lipinski definition) is 1. The molecule has 0 amide bonds. The topological polar surface area (TPSA) is 68.2 Å². The molecule has 1 unspecified atom stereocenters. The molecular formula is C13H17FN4O. The second-order valence-corrected chi connectivity index (χ2v) is 4.33. The molecule has 2 N–H and O–H groups in total. The van der Waals surface area contributed by atoms with Crippen LogP contribution < -0.4 is 10.6 Å². The summed E-state index contributed by atoms with van der Waals surface area (Å²) in [6.07, 6.45) is 0.537. The summed E-state index contributed by atoms with van der Waals surface area (Å²) in [7, 11) is 1.79. The summed E-state index contributed by atoms with van der Waals surface area (Å²) in [5, 5.41) is 7.84. The third-order valence-electron chi connectivity index (χ3n) is 3.05. The minimum Gasteiger partial charge on any atom is -0.408 e. The number of halogens is 1. The van der Waals surface area contributed by atoms with Gasteiger partial charge in [0.2, 0.25) is 5.89 Å². The van der Waals surface area contributed by atoms with E-state index in [0.717, 1.165) is 0 Å². The molecule has 0 radical (unpaired) electrons. The second kappa shape index (κ2) is 5.79. The third-order valence-corrected chi connectivity index (χ3v) is 3.05. The summed E-state index contributed by atoms with van der Waals surface area (Å²) >= 11 is 0. The molecule has 1 aromatic carbocycles. The fraction of sp³-hybridized carbons (Fsp3) is 0.385. The van der Waals surface area contributed by atoms with Crippen molar-refractivity contribution in [3.63, 3.8) is 0 Å². The highest BCUT2D eigenvalue weighted by Gasteiger charge is 2.20. The molecule has 6 heteroatoms. The minimum atomic E-state index is -0.247. The largest absolute Gasteiger partial charge is 0.408 e. The van der Waals surface area contributed by atoms with E-state index < -0.39 is 0 Å². The highest BCUT2D eigenvalue weighted by atomic mass is 19.1. The molecule has 0 aliphatic carbocycles. The Bertz CT molecular complexity index is 543. The van der Waals surface area contributed by atoms with Crippen LogP contribution in [0.25, 0.3) is 0 Å². The van der Waals surface area contributed by atoms with E-state index >= 15 is 0 Å². The molecule has 0 saturated heterocycles. The van der Waals surface area contributed by atoms with Crippen LogP contribution in [0, 0.1) is 5.82 Å². The normalized spacial score (nSPS) is 12.4. The number of nitrogens with two attached hydrogens (primary N) is 1. The van der Waals surface area contributed by atoms with E-state index in [4.69, 9.17) is 10.2 Å². The zero-order chi connectivity index (χ0) is 13.8. The molecule has 2 rings (SSSR count). The van der Waals surface area contributed by atoms with Crippen molar-refractivity contribution in [1.29, 1.82) is 0 Å². The summed E-state index contributed by atoms with van der Waals surface area (Å²) in [4.78, 5) is 1.74.